The molecule has 1 aromatic heterocycles. The quantitative estimate of drug-likeness (QED) is 0.684. The lowest BCUT2D eigenvalue weighted by atomic mass is 9.48. The van der Waals surface area contributed by atoms with Crippen molar-refractivity contribution >= 4 is 23.6 Å². The molecule has 0 unspecified atom stereocenters. The van der Waals surface area contributed by atoms with Gasteiger partial charge in [-0.1, -0.05) is 0 Å². The average molecular weight is 406 g/mol. The largest absolute Gasteiger partial charge is 0.465 e. The van der Waals surface area contributed by atoms with Crippen LogP contribution < -0.4 is 5.32 Å². The highest BCUT2D eigenvalue weighted by atomic mass is 32.2. The summed E-state index contributed by atoms with van der Waals surface area (Å²) in [5, 5.41) is 3.30. The second kappa shape index (κ2) is 7.77. The van der Waals surface area contributed by atoms with Gasteiger partial charge in [0.05, 0.1) is 18.6 Å². The molecule has 1 amide bonds. The van der Waals surface area contributed by atoms with E-state index in [0.29, 0.717) is 34.0 Å². The molecule has 5 nitrogen and oxygen atoms in total. The molecular weight excluding hydrogens is 374 g/mol. The number of amides is 1. The van der Waals surface area contributed by atoms with Crippen LogP contribution in [0.15, 0.2) is 10.5 Å². The molecule has 0 aliphatic heterocycles. The molecular formula is C22H31NO4S. The van der Waals surface area contributed by atoms with Crippen LogP contribution in [0.5, 0.6) is 0 Å². The van der Waals surface area contributed by atoms with Crippen molar-refractivity contribution in [2.75, 3.05) is 12.9 Å². The highest BCUT2D eigenvalue weighted by Gasteiger charge is 2.53. The van der Waals surface area contributed by atoms with Crippen LogP contribution in [-0.2, 0) is 15.3 Å². The fourth-order valence-corrected chi connectivity index (χ4v) is 7.03. The van der Waals surface area contributed by atoms with Gasteiger partial charge in [-0.15, -0.1) is 11.8 Å². The summed E-state index contributed by atoms with van der Waals surface area (Å²) in [6, 6.07) is 1.97. The molecule has 4 bridgehead atoms. The van der Waals surface area contributed by atoms with Crippen molar-refractivity contribution in [3.63, 3.8) is 0 Å². The minimum atomic E-state index is -0.389. The summed E-state index contributed by atoms with van der Waals surface area (Å²) in [7, 11) is 1.36. The van der Waals surface area contributed by atoms with Gasteiger partial charge < -0.3 is 14.5 Å². The molecule has 4 aliphatic rings. The van der Waals surface area contributed by atoms with Crippen molar-refractivity contribution in [3.05, 3.63) is 23.2 Å². The zero-order valence-electron chi connectivity index (χ0n) is 17.1. The van der Waals surface area contributed by atoms with Gasteiger partial charge in [0.2, 0.25) is 5.91 Å². The maximum atomic E-state index is 12.5. The fourth-order valence-electron chi connectivity index (χ4n) is 6.32. The molecule has 0 saturated heterocycles. The van der Waals surface area contributed by atoms with E-state index in [9.17, 15) is 9.59 Å². The summed E-state index contributed by atoms with van der Waals surface area (Å²) in [4.78, 5) is 24.2. The van der Waals surface area contributed by atoms with Crippen molar-refractivity contribution in [1.29, 1.82) is 0 Å². The van der Waals surface area contributed by atoms with E-state index >= 15 is 0 Å². The minimum absolute atomic E-state index is 0.102. The second-order valence-corrected chi connectivity index (χ2v) is 10.2. The molecule has 5 rings (SSSR count). The van der Waals surface area contributed by atoms with Crippen LogP contribution in [-0.4, -0.2) is 30.8 Å². The third-order valence-electron chi connectivity index (χ3n) is 7.23. The average Bonchev–Trinajstić information content (AvgIpc) is 3.00. The van der Waals surface area contributed by atoms with Crippen LogP contribution in [0.3, 0.4) is 0 Å². The molecule has 0 spiro atoms. The Labute approximate surface area is 171 Å². The summed E-state index contributed by atoms with van der Waals surface area (Å²) in [5.41, 5.74) is 0.792. The molecule has 4 fully saturated rings. The molecule has 1 atom stereocenters. The summed E-state index contributed by atoms with van der Waals surface area (Å²) < 4.78 is 10.4. The summed E-state index contributed by atoms with van der Waals surface area (Å²) >= 11 is 1.52. The normalized spacial score (nSPS) is 31.6. The smallest absolute Gasteiger partial charge is 0.341 e. The molecule has 1 N–H and O–H groups in total. The number of carbonyl (C=O) groups is 2. The highest BCUT2D eigenvalue weighted by molar-refractivity contribution is 7.99. The van der Waals surface area contributed by atoms with Crippen molar-refractivity contribution in [1.82, 2.24) is 5.32 Å². The van der Waals surface area contributed by atoms with Gasteiger partial charge in [-0.05, 0) is 81.6 Å². The number of rotatable bonds is 7. The van der Waals surface area contributed by atoms with Crippen molar-refractivity contribution < 1.29 is 18.7 Å². The van der Waals surface area contributed by atoms with Gasteiger partial charge in [0.25, 0.3) is 0 Å². The van der Waals surface area contributed by atoms with E-state index in [1.165, 1.54) is 57.4 Å². The third-order valence-corrected chi connectivity index (χ3v) is 8.19. The van der Waals surface area contributed by atoms with Crippen molar-refractivity contribution in [2.24, 2.45) is 23.2 Å². The van der Waals surface area contributed by atoms with Gasteiger partial charge in [-0.2, -0.15) is 0 Å². The molecule has 1 aromatic rings. The number of furan rings is 1. The summed E-state index contributed by atoms with van der Waals surface area (Å²) in [6.07, 6.45) is 8.17. The van der Waals surface area contributed by atoms with Crippen LogP contribution in [0, 0.1) is 30.1 Å². The first kappa shape index (κ1) is 19.9. The van der Waals surface area contributed by atoms with Gasteiger partial charge >= 0.3 is 5.97 Å². The molecule has 1 heterocycles. The highest BCUT2D eigenvalue weighted by Crippen LogP contribution is 2.61. The van der Waals surface area contributed by atoms with Crippen LogP contribution in [0.25, 0.3) is 0 Å². The lowest BCUT2D eigenvalue weighted by molar-refractivity contribution is -0.123. The molecule has 154 valence electrons. The number of aryl methyl sites for hydroxylation is 1. The fraction of sp³-hybridized carbons (Fsp3) is 0.727. The molecule has 4 saturated carbocycles. The number of nitrogens with one attached hydrogen (secondary N) is 1. The lowest BCUT2D eigenvalue weighted by Crippen LogP contribution is -2.56. The Morgan fingerprint density at radius 3 is 2.43 bits per heavy atom. The molecule has 6 heteroatoms. The van der Waals surface area contributed by atoms with Crippen LogP contribution in [0.4, 0.5) is 0 Å². The molecule has 28 heavy (non-hydrogen) atoms. The standard InChI is InChI=1S/C22H31NO4S/c1-13-19(21(25)26-3)7-18(27-13)11-28-12-20(24)23-14(2)22-8-15-4-16(9-22)6-17(5-15)10-22/h7,14-17H,4-6,8-12H2,1-3H3,(H,23,24)/t14-,15?,16?,17?,22?/m1/s1. The lowest BCUT2D eigenvalue weighted by Gasteiger charge is -2.59. The predicted octanol–water partition coefficient (Wildman–Crippen LogP) is 4.33. The predicted molar refractivity (Wildman–Crippen MR) is 109 cm³/mol. The molecule has 0 aromatic carbocycles. The SMILES string of the molecule is COC(=O)c1cc(CSCC(=O)N[C@H](C)C23CC4CC(CC(C4)C2)C3)oc1C. The second-order valence-electron chi connectivity index (χ2n) is 9.24. The first-order valence-corrected chi connectivity index (χ1v) is 11.6. The van der Waals surface area contributed by atoms with Gasteiger partial charge in [-0.3, -0.25) is 4.79 Å². The maximum Gasteiger partial charge on any atom is 0.341 e. The van der Waals surface area contributed by atoms with E-state index in [2.05, 4.69) is 12.2 Å². The van der Waals surface area contributed by atoms with E-state index < -0.39 is 0 Å². The number of hydrogen-bond donors (Lipinski definition) is 1. The zero-order chi connectivity index (χ0) is 19.9. The Balaban J connectivity index is 1.26. The minimum Gasteiger partial charge on any atom is -0.465 e. The van der Waals surface area contributed by atoms with Crippen molar-refractivity contribution in [3.8, 4) is 0 Å². The number of carbonyl (C=O) groups excluding carboxylic acids is 2. The van der Waals surface area contributed by atoms with Crippen molar-refractivity contribution in [2.45, 2.75) is 64.2 Å². The van der Waals surface area contributed by atoms with E-state index in [4.69, 9.17) is 9.15 Å². The molecule has 4 aliphatic carbocycles. The topological polar surface area (TPSA) is 68.5 Å². The Kier molecular flexibility index (Phi) is 5.51. The van der Waals surface area contributed by atoms with Crippen LogP contribution >= 0.6 is 11.8 Å². The number of thioether (sulfide) groups is 1. The number of esters is 1. The third kappa shape index (κ3) is 3.85. The van der Waals surface area contributed by atoms with Gasteiger partial charge in [0, 0.05) is 6.04 Å². The van der Waals surface area contributed by atoms with Gasteiger partial charge in [-0.25, -0.2) is 4.79 Å². The molecule has 0 radical (unpaired) electrons. The maximum absolute atomic E-state index is 12.5. The first-order valence-electron chi connectivity index (χ1n) is 10.4. The Bertz CT molecular complexity index is 720. The van der Waals surface area contributed by atoms with Gasteiger partial charge in [0.1, 0.15) is 17.1 Å². The number of ether oxygens (including phenoxy) is 1. The van der Waals surface area contributed by atoms with Crippen LogP contribution in [0.1, 0.15) is 67.3 Å². The van der Waals surface area contributed by atoms with E-state index in [0.717, 1.165) is 17.8 Å². The van der Waals surface area contributed by atoms with E-state index in [-0.39, 0.29) is 17.9 Å². The first-order chi connectivity index (χ1) is 13.4. The van der Waals surface area contributed by atoms with E-state index in [1.807, 2.05) is 0 Å². The summed E-state index contributed by atoms with van der Waals surface area (Å²) in [6.45, 7) is 3.97. The van der Waals surface area contributed by atoms with Crippen LogP contribution in [0.2, 0.25) is 0 Å². The zero-order valence-corrected chi connectivity index (χ0v) is 17.9. The van der Waals surface area contributed by atoms with E-state index in [1.54, 1.807) is 13.0 Å². The number of hydrogen-bond acceptors (Lipinski definition) is 5. The van der Waals surface area contributed by atoms with Gasteiger partial charge in [0.15, 0.2) is 0 Å². The Morgan fingerprint density at radius 1 is 1.25 bits per heavy atom. The monoisotopic (exact) mass is 405 g/mol. The Hall–Kier alpha value is -1.43. The summed E-state index contributed by atoms with van der Waals surface area (Å²) in [5.74, 6) is 4.63. The number of methoxy groups -OCH3 is 1. The Morgan fingerprint density at radius 2 is 1.86 bits per heavy atom.